The molecule has 0 aliphatic heterocycles. The summed E-state index contributed by atoms with van der Waals surface area (Å²) in [4.78, 5) is 2.36. The van der Waals surface area contributed by atoms with E-state index in [0.29, 0.717) is 0 Å². The smallest absolute Gasteiger partial charge is 0.143 e. The summed E-state index contributed by atoms with van der Waals surface area (Å²) in [5.41, 5.74) is 12.2. The van der Waals surface area contributed by atoms with Crippen LogP contribution in [-0.2, 0) is 0 Å². The lowest BCUT2D eigenvalue weighted by Crippen LogP contribution is -2.10. The van der Waals surface area contributed by atoms with E-state index < -0.39 is 0 Å². The molecule has 2 heteroatoms. The van der Waals surface area contributed by atoms with Gasteiger partial charge in [0.25, 0.3) is 0 Å². The first kappa shape index (κ1) is 27.9. The minimum atomic E-state index is 0.909. The van der Waals surface area contributed by atoms with E-state index in [4.69, 9.17) is 4.42 Å². The van der Waals surface area contributed by atoms with Gasteiger partial charge in [-0.15, -0.1) is 0 Å². The van der Waals surface area contributed by atoms with Gasteiger partial charge in [-0.3, -0.25) is 0 Å². The van der Waals surface area contributed by atoms with Crippen LogP contribution >= 0.6 is 0 Å². The van der Waals surface area contributed by atoms with E-state index in [1.54, 1.807) is 0 Å². The highest BCUT2D eigenvalue weighted by Gasteiger charge is 2.19. The Hall–Kier alpha value is -6.38. The average Bonchev–Trinajstić information content (AvgIpc) is 3.55. The molecule has 0 fully saturated rings. The number of para-hydroxylation sites is 3. The number of hydrogen-bond donors (Lipinski definition) is 0. The topological polar surface area (TPSA) is 16.4 Å². The van der Waals surface area contributed by atoms with Gasteiger partial charge in [-0.1, -0.05) is 152 Å². The third kappa shape index (κ3) is 4.74. The van der Waals surface area contributed by atoms with E-state index in [1.165, 1.54) is 27.5 Å². The third-order valence-corrected chi connectivity index (χ3v) is 9.30. The molecule has 48 heavy (non-hydrogen) atoms. The number of hydrogen-bond acceptors (Lipinski definition) is 2. The maximum Gasteiger partial charge on any atom is 0.143 e. The van der Waals surface area contributed by atoms with Gasteiger partial charge in [-0.25, -0.2) is 0 Å². The highest BCUT2D eigenvalue weighted by atomic mass is 16.3. The van der Waals surface area contributed by atoms with Gasteiger partial charge in [0, 0.05) is 33.1 Å². The van der Waals surface area contributed by atoms with Gasteiger partial charge < -0.3 is 9.32 Å². The summed E-state index contributed by atoms with van der Waals surface area (Å²) < 4.78 is 6.44. The Morgan fingerprint density at radius 2 is 0.875 bits per heavy atom. The fourth-order valence-corrected chi connectivity index (χ4v) is 7.07. The number of anilines is 3. The molecule has 0 atom stereocenters. The van der Waals surface area contributed by atoms with Crippen molar-refractivity contribution in [1.82, 2.24) is 0 Å². The molecule has 0 spiro atoms. The van der Waals surface area contributed by atoms with Crippen molar-refractivity contribution in [2.45, 2.75) is 0 Å². The molecular weight excluding hydrogens is 583 g/mol. The van der Waals surface area contributed by atoms with Crippen LogP contribution in [0.4, 0.5) is 17.1 Å². The molecule has 0 aliphatic rings. The Morgan fingerprint density at radius 3 is 1.67 bits per heavy atom. The van der Waals surface area contributed by atoms with Crippen LogP contribution in [0.1, 0.15) is 0 Å². The molecule has 0 saturated carbocycles. The normalized spacial score (nSPS) is 11.3. The number of benzene rings is 8. The lowest BCUT2D eigenvalue weighted by atomic mass is 9.93. The van der Waals surface area contributed by atoms with Crippen LogP contribution in [-0.4, -0.2) is 0 Å². The molecule has 0 aliphatic carbocycles. The molecule has 0 saturated heterocycles. The number of rotatable bonds is 6. The van der Waals surface area contributed by atoms with E-state index in [0.717, 1.165) is 55.7 Å². The molecule has 226 valence electrons. The van der Waals surface area contributed by atoms with E-state index in [-0.39, 0.29) is 0 Å². The van der Waals surface area contributed by atoms with Crippen LogP contribution in [0.3, 0.4) is 0 Å². The maximum absolute atomic E-state index is 6.44. The molecule has 1 heterocycles. The standard InChI is InChI=1S/C46H31NO/c1-3-14-32(15-4-1)37-30-31-44(40-21-10-9-19-38(37)40)47(34-16-5-2-6-17-34)35-28-26-33(27-29-35)36-18-7-8-20-39(36)42-23-13-24-43-41-22-11-12-25-45(41)48-46(42)43/h1-31H. The van der Waals surface area contributed by atoms with E-state index >= 15 is 0 Å². The minimum Gasteiger partial charge on any atom is -0.455 e. The van der Waals surface area contributed by atoms with Crippen molar-refractivity contribution in [3.05, 3.63) is 188 Å². The van der Waals surface area contributed by atoms with Gasteiger partial charge in [-0.05, 0) is 69.6 Å². The average molecular weight is 614 g/mol. The summed E-state index contributed by atoms with van der Waals surface area (Å²) in [5, 5.41) is 4.71. The lowest BCUT2D eigenvalue weighted by molar-refractivity contribution is 0.670. The summed E-state index contributed by atoms with van der Waals surface area (Å²) in [6.07, 6.45) is 0. The summed E-state index contributed by atoms with van der Waals surface area (Å²) in [7, 11) is 0. The second kappa shape index (κ2) is 11.8. The molecular formula is C46H31NO. The van der Waals surface area contributed by atoms with Gasteiger partial charge in [-0.2, -0.15) is 0 Å². The fourth-order valence-electron chi connectivity index (χ4n) is 7.07. The number of nitrogens with zero attached hydrogens (tertiary/aromatic N) is 1. The molecule has 0 bridgehead atoms. The Bertz CT molecular complexity index is 2550. The van der Waals surface area contributed by atoms with Gasteiger partial charge in [0.05, 0.1) is 5.69 Å². The summed E-state index contributed by atoms with van der Waals surface area (Å²) >= 11 is 0. The quantitative estimate of drug-likeness (QED) is 0.185. The Morgan fingerprint density at radius 1 is 0.312 bits per heavy atom. The van der Waals surface area contributed by atoms with Crippen molar-refractivity contribution in [1.29, 1.82) is 0 Å². The van der Waals surface area contributed by atoms with E-state index in [9.17, 15) is 0 Å². The van der Waals surface area contributed by atoms with Crippen LogP contribution in [0, 0.1) is 0 Å². The highest BCUT2D eigenvalue weighted by molar-refractivity contribution is 6.11. The summed E-state index contributed by atoms with van der Waals surface area (Å²) in [5.74, 6) is 0. The van der Waals surface area contributed by atoms with Crippen LogP contribution in [0.25, 0.3) is 66.1 Å². The van der Waals surface area contributed by atoms with Gasteiger partial charge in [0.15, 0.2) is 0 Å². The van der Waals surface area contributed by atoms with Crippen molar-refractivity contribution in [3.63, 3.8) is 0 Å². The van der Waals surface area contributed by atoms with Gasteiger partial charge in [0.1, 0.15) is 11.2 Å². The fraction of sp³-hybridized carbons (Fsp3) is 0. The molecule has 0 radical (unpaired) electrons. The second-order valence-electron chi connectivity index (χ2n) is 12.1. The Kier molecular flexibility index (Phi) is 6.84. The molecule has 0 N–H and O–H groups in total. The van der Waals surface area contributed by atoms with Gasteiger partial charge >= 0.3 is 0 Å². The predicted molar refractivity (Wildman–Crippen MR) is 202 cm³/mol. The van der Waals surface area contributed by atoms with Crippen molar-refractivity contribution in [2.75, 3.05) is 4.90 Å². The number of furan rings is 1. The monoisotopic (exact) mass is 613 g/mol. The Balaban J connectivity index is 1.17. The first-order chi connectivity index (χ1) is 23.8. The second-order valence-corrected chi connectivity index (χ2v) is 12.1. The SMILES string of the molecule is c1ccc(-c2ccc(N(c3ccccc3)c3ccc(-c4ccccc4-c4cccc5c4oc4ccccc45)cc3)c3ccccc23)cc1. The zero-order valence-electron chi connectivity index (χ0n) is 26.3. The largest absolute Gasteiger partial charge is 0.455 e. The van der Waals surface area contributed by atoms with E-state index in [1.807, 2.05) is 12.1 Å². The Labute approximate surface area is 279 Å². The highest BCUT2D eigenvalue weighted by Crippen LogP contribution is 2.44. The summed E-state index contributed by atoms with van der Waals surface area (Å²) in [6, 6.07) is 66.8. The first-order valence-electron chi connectivity index (χ1n) is 16.4. The maximum atomic E-state index is 6.44. The molecule has 8 aromatic carbocycles. The first-order valence-corrected chi connectivity index (χ1v) is 16.4. The van der Waals surface area contributed by atoms with Crippen molar-refractivity contribution in [2.24, 2.45) is 0 Å². The van der Waals surface area contributed by atoms with E-state index in [2.05, 4.69) is 181 Å². The van der Waals surface area contributed by atoms with Crippen LogP contribution in [0.2, 0.25) is 0 Å². The zero-order valence-corrected chi connectivity index (χ0v) is 26.3. The lowest BCUT2D eigenvalue weighted by Gasteiger charge is -2.27. The molecule has 0 amide bonds. The molecule has 2 nitrogen and oxygen atoms in total. The van der Waals surface area contributed by atoms with Crippen LogP contribution in [0.15, 0.2) is 192 Å². The molecule has 9 aromatic rings. The van der Waals surface area contributed by atoms with Crippen molar-refractivity contribution < 1.29 is 4.42 Å². The van der Waals surface area contributed by atoms with Crippen molar-refractivity contribution >= 4 is 49.8 Å². The molecule has 9 rings (SSSR count). The summed E-state index contributed by atoms with van der Waals surface area (Å²) in [6.45, 7) is 0. The third-order valence-electron chi connectivity index (χ3n) is 9.30. The van der Waals surface area contributed by atoms with Crippen molar-refractivity contribution in [3.8, 4) is 33.4 Å². The zero-order chi connectivity index (χ0) is 31.9. The van der Waals surface area contributed by atoms with Crippen LogP contribution in [0.5, 0.6) is 0 Å². The van der Waals surface area contributed by atoms with Gasteiger partial charge in [0.2, 0.25) is 0 Å². The minimum absolute atomic E-state index is 0.909. The molecule has 0 unspecified atom stereocenters. The predicted octanol–water partition coefficient (Wildman–Crippen LogP) is 13.2. The number of fused-ring (bicyclic) bond motifs is 4. The van der Waals surface area contributed by atoms with Crippen LogP contribution < -0.4 is 4.90 Å². The molecule has 1 aromatic heterocycles.